The van der Waals surface area contributed by atoms with Crippen LogP contribution in [0, 0.1) is 25.7 Å². The van der Waals surface area contributed by atoms with Gasteiger partial charge in [0.1, 0.15) is 0 Å². The zero-order valence-electron chi connectivity index (χ0n) is 41.6. The second-order valence-corrected chi connectivity index (χ2v) is 24.5. The SMILES string of the molecule is CCCCCCCCCCC(CCCCCCCC)CN1C(=O)C2=C(c3cc(C)c(Br)s3)N(CC(CCCCCCCC)CCCCCCCCCC)C(=O)C2=C1c1cc(C)c(Br)s1. The highest BCUT2D eigenvalue weighted by Crippen LogP contribution is 2.51. The Morgan fingerprint density at radius 3 is 0.906 bits per heavy atom. The van der Waals surface area contributed by atoms with Crippen molar-refractivity contribution in [1.82, 2.24) is 9.80 Å². The zero-order valence-corrected chi connectivity index (χ0v) is 46.4. The van der Waals surface area contributed by atoms with Crippen LogP contribution in [0.3, 0.4) is 0 Å². The number of carbonyl (C=O) groups is 2. The molecule has 0 fully saturated rings. The van der Waals surface area contributed by atoms with Crippen molar-refractivity contribution in [3.05, 3.63) is 51.7 Å². The van der Waals surface area contributed by atoms with Crippen LogP contribution in [0.5, 0.6) is 0 Å². The summed E-state index contributed by atoms with van der Waals surface area (Å²) in [6.45, 7) is 14.8. The van der Waals surface area contributed by atoms with Crippen LogP contribution in [-0.2, 0) is 9.59 Å². The fraction of sp³-hybridized carbons (Fsp3) is 0.750. The summed E-state index contributed by atoms with van der Waals surface area (Å²) in [5.41, 5.74) is 5.37. The van der Waals surface area contributed by atoms with E-state index >= 15 is 9.59 Å². The van der Waals surface area contributed by atoms with Crippen LogP contribution in [0.4, 0.5) is 0 Å². The summed E-state index contributed by atoms with van der Waals surface area (Å²) in [5, 5.41) is 0. The number of fused-ring (bicyclic) bond motifs is 1. The van der Waals surface area contributed by atoms with E-state index in [4.69, 9.17) is 0 Å². The molecule has 362 valence electrons. The molecule has 0 spiro atoms. The van der Waals surface area contributed by atoms with Crippen molar-refractivity contribution in [1.29, 1.82) is 0 Å². The van der Waals surface area contributed by atoms with Crippen molar-refractivity contribution in [3.63, 3.8) is 0 Å². The molecule has 0 aromatic carbocycles. The lowest BCUT2D eigenvalue weighted by atomic mass is 9.93. The van der Waals surface area contributed by atoms with Crippen LogP contribution < -0.4 is 0 Å². The van der Waals surface area contributed by atoms with Crippen molar-refractivity contribution >= 4 is 77.7 Å². The number of rotatable bonds is 38. The molecule has 2 unspecified atom stereocenters. The predicted molar refractivity (Wildman–Crippen MR) is 288 cm³/mol. The van der Waals surface area contributed by atoms with Gasteiger partial charge in [0.05, 0.1) is 39.9 Å². The van der Waals surface area contributed by atoms with Gasteiger partial charge < -0.3 is 9.80 Å². The summed E-state index contributed by atoms with van der Waals surface area (Å²) in [5.74, 6) is 0.908. The molecule has 2 aromatic heterocycles. The highest BCUT2D eigenvalue weighted by Gasteiger charge is 2.50. The van der Waals surface area contributed by atoms with Crippen LogP contribution >= 0.6 is 54.5 Å². The quantitative estimate of drug-likeness (QED) is 0.0629. The number of hydrogen-bond donors (Lipinski definition) is 0. The molecule has 8 heteroatoms. The van der Waals surface area contributed by atoms with Gasteiger partial charge in [0, 0.05) is 13.1 Å². The van der Waals surface area contributed by atoms with Gasteiger partial charge in [-0.3, -0.25) is 9.59 Å². The zero-order chi connectivity index (χ0) is 46.1. The molecule has 4 rings (SSSR count). The minimum atomic E-state index is 0.0413. The van der Waals surface area contributed by atoms with Crippen molar-refractivity contribution in [2.45, 2.75) is 247 Å². The minimum Gasteiger partial charge on any atom is -0.306 e. The Hall–Kier alpha value is -1.22. The summed E-state index contributed by atoms with van der Waals surface area (Å²) in [6, 6.07) is 4.43. The first kappa shape index (κ1) is 55.4. The molecule has 2 aromatic rings. The molecule has 0 N–H and O–H groups in total. The fourth-order valence-electron chi connectivity index (χ4n) is 10.1. The van der Waals surface area contributed by atoms with Crippen LogP contribution in [0.15, 0.2) is 30.9 Å². The topological polar surface area (TPSA) is 40.6 Å². The highest BCUT2D eigenvalue weighted by atomic mass is 79.9. The number of halogens is 2. The standard InChI is InChI=1S/C56H90Br2N2O2S2/c1-7-11-15-19-23-25-29-33-37-45(35-31-27-21-17-13-9-3)41-59-51(47-39-43(5)53(57)63-47)49-50(55(59)61)52(48-40-44(6)54(58)64-48)60(56(49)62)42-46(36-32-28-22-18-14-10-4)38-34-30-26-24-20-16-12-8-2/h39-40,45-46H,7-38,41-42H2,1-6H3. The van der Waals surface area contributed by atoms with Crippen molar-refractivity contribution in [2.75, 3.05) is 13.1 Å². The Bertz CT molecular complexity index is 1560. The lowest BCUT2D eigenvalue weighted by molar-refractivity contribution is -0.124. The molecular formula is C56H90Br2N2O2S2. The van der Waals surface area contributed by atoms with Crippen molar-refractivity contribution in [2.24, 2.45) is 11.8 Å². The Morgan fingerprint density at radius 2 is 0.672 bits per heavy atom. The first-order valence-electron chi connectivity index (χ1n) is 26.8. The van der Waals surface area contributed by atoms with Crippen LogP contribution in [0.1, 0.15) is 254 Å². The molecule has 2 aliphatic rings. The van der Waals surface area contributed by atoms with E-state index in [0.717, 1.165) is 65.5 Å². The van der Waals surface area contributed by atoms with Gasteiger partial charge in [-0.15, -0.1) is 22.7 Å². The van der Waals surface area contributed by atoms with Gasteiger partial charge in [-0.25, -0.2) is 0 Å². The molecule has 64 heavy (non-hydrogen) atoms. The number of amides is 2. The molecule has 0 saturated carbocycles. The summed E-state index contributed by atoms with van der Waals surface area (Å²) < 4.78 is 2.15. The van der Waals surface area contributed by atoms with Crippen molar-refractivity contribution < 1.29 is 9.59 Å². The average molecular weight is 1050 g/mol. The third kappa shape index (κ3) is 17.7. The van der Waals surface area contributed by atoms with Gasteiger partial charge in [-0.1, -0.05) is 207 Å². The Labute approximate surface area is 417 Å². The van der Waals surface area contributed by atoms with Gasteiger partial charge in [-0.2, -0.15) is 0 Å². The Kier molecular flexibility index (Phi) is 27.5. The molecule has 2 aliphatic heterocycles. The number of nitrogens with zero attached hydrogens (tertiary/aromatic N) is 2. The average Bonchev–Trinajstić information content (AvgIpc) is 3.97. The molecule has 4 nitrogen and oxygen atoms in total. The first-order valence-corrected chi connectivity index (χ1v) is 30.0. The first-order chi connectivity index (χ1) is 31.2. The lowest BCUT2D eigenvalue weighted by Crippen LogP contribution is -2.34. The molecule has 2 amide bonds. The fourth-order valence-corrected chi connectivity index (χ4v) is 13.3. The second-order valence-electron chi connectivity index (χ2n) is 19.8. The maximum atomic E-state index is 15.5. The van der Waals surface area contributed by atoms with Gasteiger partial charge in [-0.05, 0) is 106 Å². The van der Waals surface area contributed by atoms with E-state index in [1.807, 2.05) is 0 Å². The molecular weight excluding hydrogens is 957 g/mol. The van der Waals surface area contributed by atoms with Gasteiger partial charge in [0.25, 0.3) is 11.8 Å². The largest absolute Gasteiger partial charge is 0.306 e. The number of aryl methyl sites for hydroxylation is 2. The van der Waals surface area contributed by atoms with Crippen LogP contribution in [0.25, 0.3) is 11.4 Å². The van der Waals surface area contributed by atoms with Crippen molar-refractivity contribution in [3.8, 4) is 0 Å². The third-order valence-corrected chi connectivity index (χ3v) is 18.4. The summed E-state index contributed by atoms with van der Waals surface area (Å²) in [4.78, 5) is 37.2. The van der Waals surface area contributed by atoms with Crippen LogP contribution in [-0.4, -0.2) is 34.7 Å². The number of unbranched alkanes of at least 4 members (excludes halogenated alkanes) is 24. The number of thiophene rings is 2. The maximum Gasteiger partial charge on any atom is 0.261 e. The molecule has 0 saturated heterocycles. The third-order valence-electron chi connectivity index (χ3n) is 14.1. The smallest absolute Gasteiger partial charge is 0.261 e. The summed E-state index contributed by atoms with van der Waals surface area (Å²) in [6.07, 6.45) is 40.9. The predicted octanol–water partition coefficient (Wildman–Crippen LogP) is 19.6. The summed E-state index contributed by atoms with van der Waals surface area (Å²) >= 11 is 11.1. The number of hydrogen-bond acceptors (Lipinski definition) is 4. The van der Waals surface area contributed by atoms with E-state index in [-0.39, 0.29) is 11.8 Å². The monoisotopic (exact) mass is 1040 g/mol. The normalized spacial score (nSPS) is 15.2. The highest BCUT2D eigenvalue weighted by molar-refractivity contribution is 9.11. The molecule has 4 heterocycles. The van der Waals surface area contributed by atoms with E-state index in [9.17, 15) is 0 Å². The van der Waals surface area contributed by atoms with E-state index in [1.165, 1.54) is 180 Å². The molecule has 2 atom stereocenters. The second kappa shape index (κ2) is 31.8. The maximum absolute atomic E-state index is 15.5. The summed E-state index contributed by atoms with van der Waals surface area (Å²) in [7, 11) is 0. The molecule has 0 bridgehead atoms. The lowest BCUT2D eigenvalue weighted by Gasteiger charge is -2.29. The Morgan fingerprint density at radius 1 is 0.422 bits per heavy atom. The molecule has 0 aliphatic carbocycles. The van der Waals surface area contributed by atoms with Crippen LogP contribution in [0.2, 0.25) is 0 Å². The van der Waals surface area contributed by atoms with E-state index in [0.29, 0.717) is 36.1 Å². The van der Waals surface area contributed by atoms with E-state index in [2.05, 4.69) is 95.3 Å². The van der Waals surface area contributed by atoms with Gasteiger partial charge >= 0.3 is 0 Å². The van der Waals surface area contributed by atoms with E-state index in [1.54, 1.807) is 22.7 Å². The van der Waals surface area contributed by atoms with Gasteiger partial charge in [0.2, 0.25) is 0 Å². The minimum absolute atomic E-state index is 0.0413. The molecule has 0 radical (unpaired) electrons. The van der Waals surface area contributed by atoms with E-state index < -0.39 is 0 Å². The number of carbonyl (C=O) groups excluding carboxylic acids is 2. The Balaban J connectivity index is 1.67. The van der Waals surface area contributed by atoms with Gasteiger partial charge in [0.15, 0.2) is 0 Å².